The fourth-order valence-corrected chi connectivity index (χ4v) is 2.81. The molecule has 1 amide bonds. The van der Waals surface area contributed by atoms with Crippen molar-refractivity contribution in [1.29, 1.82) is 0 Å². The van der Waals surface area contributed by atoms with Crippen LogP contribution in [0.2, 0.25) is 0 Å². The molecule has 1 aromatic rings. The van der Waals surface area contributed by atoms with Gasteiger partial charge in [0.1, 0.15) is 5.41 Å². The largest absolute Gasteiger partial charge is 0.481 e. The summed E-state index contributed by atoms with van der Waals surface area (Å²) in [5, 5.41) is 9.37. The summed E-state index contributed by atoms with van der Waals surface area (Å²) in [6.45, 7) is 0.331. The van der Waals surface area contributed by atoms with E-state index in [0.717, 1.165) is 12.1 Å². The van der Waals surface area contributed by atoms with E-state index in [1.807, 2.05) is 0 Å². The molecule has 0 aromatic heterocycles. The highest BCUT2D eigenvalue weighted by molar-refractivity contribution is 5.82. The number of likely N-dealkylation sites (tertiary alicyclic amines) is 1. The maximum absolute atomic E-state index is 12.5. The summed E-state index contributed by atoms with van der Waals surface area (Å²) in [5.74, 6) is -1.33. The van der Waals surface area contributed by atoms with Crippen molar-refractivity contribution in [3.05, 3.63) is 35.4 Å². The maximum Gasteiger partial charge on any atom is 0.416 e. The number of carboxylic acids is 1. The maximum atomic E-state index is 12.5. The Labute approximate surface area is 137 Å². The lowest BCUT2D eigenvalue weighted by Gasteiger charge is -2.23. The Morgan fingerprint density at radius 1 is 1.29 bits per heavy atom. The van der Waals surface area contributed by atoms with Crippen molar-refractivity contribution >= 4 is 11.9 Å². The number of alkyl halides is 3. The van der Waals surface area contributed by atoms with Crippen LogP contribution in [0.4, 0.5) is 13.2 Å². The topological polar surface area (TPSA) is 66.8 Å². The number of methoxy groups -OCH3 is 1. The van der Waals surface area contributed by atoms with Crippen LogP contribution in [-0.2, 0) is 26.9 Å². The van der Waals surface area contributed by atoms with E-state index in [1.54, 1.807) is 0 Å². The molecule has 1 aliphatic rings. The van der Waals surface area contributed by atoms with E-state index in [0.29, 0.717) is 5.56 Å². The molecule has 0 spiro atoms. The van der Waals surface area contributed by atoms with Gasteiger partial charge in [-0.3, -0.25) is 9.59 Å². The van der Waals surface area contributed by atoms with E-state index in [-0.39, 0.29) is 38.4 Å². The zero-order valence-corrected chi connectivity index (χ0v) is 13.1. The monoisotopic (exact) mass is 345 g/mol. The van der Waals surface area contributed by atoms with Crippen LogP contribution in [0.5, 0.6) is 0 Å². The van der Waals surface area contributed by atoms with Crippen molar-refractivity contribution < 1.29 is 32.6 Å². The summed E-state index contributed by atoms with van der Waals surface area (Å²) >= 11 is 0. The molecule has 132 valence electrons. The second-order valence-corrected chi connectivity index (χ2v) is 5.96. The van der Waals surface area contributed by atoms with Gasteiger partial charge in [0.15, 0.2) is 0 Å². The summed E-state index contributed by atoms with van der Waals surface area (Å²) in [4.78, 5) is 25.1. The third kappa shape index (κ3) is 3.87. The van der Waals surface area contributed by atoms with Gasteiger partial charge in [0.2, 0.25) is 5.91 Å². The first kappa shape index (κ1) is 18.3. The predicted molar refractivity (Wildman–Crippen MR) is 78.3 cm³/mol. The lowest BCUT2D eigenvalue weighted by Crippen LogP contribution is -2.40. The van der Waals surface area contributed by atoms with Crippen LogP contribution in [0, 0.1) is 5.41 Å². The molecule has 2 rings (SSSR count). The first-order chi connectivity index (χ1) is 11.2. The Balaban J connectivity index is 2.02. The van der Waals surface area contributed by atoms with Crippen molar-refractivity contribution in [3.8, 4) is 0 Å². The van der Waals surface area contributed by atoms with E-state index < -0.39 is 23.1 Å². The SMILES string of the molecule is COCC1(C(=O)O)CCN(C(=O)Cc2ccc(C(F)(F)F)cc2)C1. The van der Waals surface area contributed by atoms with Crippen LogP contribution in [0.15, 0.2) is 24.3 Å². The number of carboxylic acid groups (broad SMARTS) is 1. The van der Waals surface area contributed by atoms with Crippen LogP contribution in [0.1, 0.15) is 17.5 Å². The molecule has 0 aliphatic carbocycles. The minimum atomic E-state index is -4.42. The van der Waals surface area contributed by atoms with E-state index in [1.165, 1.54) is 24.1 Å². The van der Waals surface area contributed by atoms with Crippen molar-refractivity contribution in [2.24, 2.45) is 5.41 Å². The fraction of sp³-hybridized carbons (Fsp3) is 0.500. The average Bonchev–Trinajstić information content (AvgIpc) is 2.93. The van der Waals surface area contributed by atoms with E-state index in [2.05, 4.69) is 0 Å². The number of aliphatic carboxylic acids is 1. The summed E-state index contributed by atoms with van der Waals surface area (Å²) < 4.78 is 42.5. The Hall–Kier alpha value is -2.09. The number of hydrogen-bond acceptors (Lipinski definition) is 3. The second-order valence-electron chi connectivity index (χ2n) is 5.96. The number of benzene rings is 1. The molecule has 1 N–H and O–H groups in total. The molecule has 24 heavy (non-hydrogen) atoms. The fourth-order valence-electron chi connectivity index (χ4n) is 2.81. The summed E-state index contributed by atoms with van der Waals surface area (Å²) in [7, 11) is 1.40. The first-order valence-electron chi connectivity index (χ1n) is 7.34. The summed E-state index contributed by atoms with van der Waals surface area (Å²) in [6, 6.07) is 4.38. The number of ether oxygens (including phenoxy) is 1. The molecule has 1 heterocycles. The van der Waals surface area contributed by atoms with Crippen LogP contribution in [0.3, 0.4) is 0 Å². The third-order valence-electron chi connectivity index (χ3n) is 4.22. The van der Waals surface area contributed by atoms with E-state index >= 15 is 0 Å². The van der Waals surface area contributed by atoms with Crippen LogP contribution in [-0.4, -0.2) is 48.7 Å². The van der Waals surface area contributed by atoms with Gasteiger partial charge in [0.05, 0.1) is 18.6 Å². The van der Waals surface area contributed by atoms with Crippen molar-refractivity contribution in [2.45, 2.75) is 19.0 Å². The van der Waals surface area contributed by atoms with Crippen LogP contribution < -0.4 is 0 Å². The van der Waals surface area contributed by atoms with Gasteiger partial charge < -0.3 is 14.7 Å². The summed E-state index contributed by atoms with van der Waals surface area (Å²) in [6.07, 6.45) is -4.20. The second kappa shape index (κ2) is 6.80. The van der Waals surface area contributed by atoms with Gasteiger partial charge in [-0.2, -0.15) is 13.2 Å². The highest BCUT2D eigenvalue weighted by Gasteiger charge is 2.46. The van der Waals surface area contributed by atoms with Gasteiger partial charge in [-0.25, -0.2) is 0 Å². The number of nitrogens with zero attached hydrogens (tertiary/aromatic N) is 1. The molecule has 1 aliphatic heterocycles. The summed E-state index contributed by atoms with van der Waals surface area (Å²) in [5.41, 5.74) is -1.44. The molecule has 0 bridgehead atoms. The molecule has 0 saturated carbocycles. The number of halogens is 3. The average molecular weight is 345 g/mol. The smallest absolute Gasteiger partial charge is 0.416 e. The quantitative estimate of drug-likeness (QED) is 0.888. The van der Waals surface area contributed by atoms with Gasteiger partial charge in [0.25, 0.3) is 0 Å². The minimum absolute atomic E-state index is 0.00634. The lowest BCUT2D eigenvalue weighted by molar-refractivity contribution is -0.151. The van der Waals surface area contributed by atoms with Gasteiger partial charge >= 0.3 is 12.1 Å². The lowest BCUT2D eigenvalue weighted by atomic mass is 9.88. The Morgan fingerprint density at radius 2 is 1.92 bits per heavy atom. The third-order valence-corrected chi connectivity index (χ3v) is 4.22. The molecule has 1 aromatic carbocycles. The highest BCUT2D eigenvalue weighted by Crippen LogP contribution is 2.32. The van der Waals surface area contributed by atoms with Gasteiger partial charge in [-0.05, 0) is 24.1 Å². The normalized spacial score (nSPS) is 21.1. The molecule has 1 unspecified atom stereocenters. The number of carbonyl (C=O) groups is 2. The van der Waals surface area contributed by atoms with Crippen LogP contribution >= 0.6 is 0 Å². The van der Waals surface area contributed by atoms with Gasteiger partial charge in [-0.15, -0.1) is 0 Å². The Bertz CT molecular complexity index is 615. The standard InChI is InChI=1S/C16H18F3NO4/c1-24-10-15(14(22)23)6-7-20(9-15)13(21)8-11-2-4-12(5-3-11)16(17,18)19/h2-5H,6-10H2,1H3,(H,22,23). The van der Waals surface area contributed by atoms with E-state index in [4.69, 9.17) is 4.74 Å². The van der Waals surface area contributed by atoms with Crippen LogP contribution in [0.25, 0.3) is 0 Å². The molecule has 1 saturated heterocycles. The molecule has 1 fully saturated rings. The molecular formula is C16H18F3NO4. The van der Waals surface area contributed by atoms with Crippen molar-refractivity contribution in [2.75, 3.05) is 26.8 Å². The molecular weight excluding hydrogens is 327 g/mol. The molecule has 8 heteroatoms. The molecule has 0 radical (unpaired) electrons. The predicted octanol–water partition coefficient (Wildman–Crippen LogP) is 2.20. The van der Waals surface area contributed by atoms with Crippen molar-refractivity contribution in [1.82, 2.24) is 4.90 Å². The Kier molecular flexibility index (Phi) is 5.17. The zero-order chi connectivity index (χ0) is 18.0. The highest BCUT2D eigenvalue weighted by atomic mass is 19.4. The van der Waals surface area contributed by atoms with Gasteiger partial charge in [0, 0.05) is 20.2 Å². The van der Waals surface area contributed by atoms with Gasteiger partial charge in [-0.1, -0.05) is 12.1 Å². The van der Waals surface area contributed by atoms with E-state index in [9.17, 15) is 27.9 Å². The Morgan fingerprint density at radius 3 is 2.42 bits per heavy atom. The number of carbonyl (C=O) groups excluding carboxylic acids is 1. The number of hydrogen-bond donors (Lipinski definition) is 1. The molecule has 5 nitrogen and oxygen atoms in total. The number of rotatable bonds is 5. The van der Waals surface area contributed by atoms with Crippen molar-refractivity contribution in [3.63, 3.8) is 0 Å². The molecule has 1 atom stereocenters. The zero-order valence-electron chi connectivity index (χ0n) is 13.1. The minimum Gasteiger partial charge on any atom is -0.481 e. The first-order valence-corrected chi connectivity index (χ1v) is 7.34. The number of amides is 1.